The van der Waals surface area contributed by atoms with Crippen molar-refractivity contribution in [2.75, 3.05) is 11.9 Å². The van der Waals surface area contributed by atoms with Gasteiger partial charge in [0.2, 0.25) is 0 Å². The van der Waals surface area contributed by atoms with Crippen LogP contribution in [0.5, 0.6) is 5.75 Å². The molecule has 0 radical (unpaired) electrons. The molecule has 0 heterocycles. The highest BCUT2D eigenvalue weighted by atomic mass is 35.5. The number of anilines is 1. The largest absolute Gasteiger partial charge is 0.483 e. The van der Waals surface area contributed by atoms with Gasteiger partial charge in [-0.05, 0) is 30.3 Å². The number of para-hydroxylation sites is 1. The van der Waals surface area contributed by atoms with Gasteiger partial charge in [0.1, 0.15) is 5.75 Å². The number of hydrogen-bond acceptors (Lipinski definition) is 3. The molecular formula is C15H11Cl3N2O3. The van der Waals surface area contributed by atoms with Crippen LogP contribution in [-0.2, 0) is 4.79 Å². The van der Waals surface area contributed by atoms with Gasteiger partial charge in [-0.25, -0.2) is 0 Å². The lowest BCUT2D eigenvalue weighted by atomic mass is 10.2. The molecule has 23 heavy (non-hydrogen) atoms. The maximum absolute atomic E-state index is 12.0. The molecular weight excluding hydrogens is 363 g/mol. The Morgan fingerprint density at radius 1 is 1.09 bits per heavy atom. The lowest BCUT2D eigenvalue weighted by Crippen LogP contribution is -2.22. The van der Waals surface area contributed by atoms with E-state index in [9.17, 15) is 9.59 Å². The topological polar surface area (TPSA) is 81.4 Å². The number of ether oxygens (including phenoxy) is 1. The number of primary amides is 1. The Morgan fingerprint density at radius 2 is 1.74 bits per heavy atom. The Labute approximate surface area is 147 Å². The quantitative estimate of drug-likeness (QED) is 0.837. The average molecular weight is 374 g/mol. The molecule has 0 saturated heterocycles. The molecule has 120 valence electrons. The molecule has 5 nitrogen and oxygen atoms in total. The first-order chi connectivity index (χ1) is 10.9. The molecule has 8 heteroatoms. The summed E-state index contributed by atoms with van der Waals surface area (Å²) in [5.41, 5.74) is 5.64. The maximum Gasteiger partial charge on any atom is 0.262 e. The smallest absolute Gasteiger partial charge is 0.262 e. The summed E-state index contributed by atoms with van der Waals surface area (Å²) in [4.78, 5) is 23.3. The molecule has 0 unspecified atom stereocenters. The van der Waals surface area contributed by atoms with E-state index >= 15 is 0 Å². The van der Waals surface area contributed by atoms with E-state index in [1.54, 1.807) is 18.2 Å². The van der Waals surface area contributed by atoms with Crippen molar-refractivity contribution in [3.05, 3.63) is 57.0 Å². The van der Waals surface area contributed by atoms with E-state index in [0.717, 1.165) is 0 Å². The number of nitrogens with two attached hydrogens (primary N) is 1. The predicted octanol–water partition coefficient (Wildman–Crippen LogP) is 3.76. The number of benzene rings is 2. The monoisotopic (exact) mass is 372 g/mol. The van der Waals surface area contributed by atoms with Crippen molar-refractivity contribution in [3.63, 3.8) is 0 Å². The summed E-state index contributed by atoms with van der Waals surface area (Å²) in [5.74, 6) is -1.08. The summed E-state index contributed by atoms with van der Waals surface area (Å²) in [5, 5.41) is 3.48. The first kappa shape index (κ1) is 17.4. The predicted molar refractivity (Wildman–Crippen MR) is 90.6 cm³/mol. The first-order valence-corrected chi connectivity index (χ1v) is 7.48. The van der Waals surface area contributed by atoms with Crippen LogP contribution >= 0.6 is 34.8 Å². The zero-order valence-corrected chi connectivity index (χ0v) is 13.9. The minimum atomic E-state index is -0.689. The zero-order valence-electron chi connectivity index (χ0n) is 11.6. The molecule has 0 aliphatic rings. The molecule has 3 N–H and O–H groups in total. The van der Waals surface area contributed by atoms with Crippen molar-refractivity contribution in [2.24, 2.45) is 5.73 Å². The number of amides is 2. The molecule has 2 aromatic rings. The van der Waals surface area contributed by atoms with E-state index in [2.05, 4.69) is 5.32 Å². The highest BCUT2D eigenvalue weighted by Gasteiger charge is 2.14. The second kappa shape index (κ2) is 7.55. The van der Waals surface area contributed by atoms with E-state index in [0.29, 0.717) is 15.1 Å². The molecule has 2 amide bonds. The van der Waals surface area contributed by atoms with E-state index in [1.165, 1.54) is 18.2 Å². The third-order valence-electron chi connectivity index (χ3n) is 2.80. The minimum Gasteiger partial charge on any atom is -0.483 e. The summed E-state index contributed by atoms with van der Waals surface area (Å²) in [6.45, 7) is -0.373. The minimum absolute atomic E-state index is 0.116. The third kappa shape index (κ3) is 4.51. The number of carbonyl (C=O) groups excluding carboxylic acids is 2. The van der Waals surface area contributed by atoms with Gasteiger partial charge in [-0.15, -0.1) is 0 Å². The van der Waals surface area contributed by atoms with Crippen LogP contribution in [0.4, 0.5) is 5.69 Å². The molecule has 0 aromatic heterocycles. The Bertz CT molecular complexity index is 745. The maximum atomic E-state index is 12.0. The molecule has 0 aliphatic carbocycles. The molecule has 0 saturated carbocycles. The van der Waals surface area contributed by atoms with Gasteiger partial charge in [0.05, 0.1) is 21.3 Å². The summed E-state index contributed by atoms with van der Waals surface area (Å²) in [7, 11) is 0. The first-order valence-electron chi connectivity index (χ1n) is 6.34. The van der Waals surface area contributed by atoms with Crippen LogP contribution in [0.3, 0.4) is 0 Å². The van der Waals surface area contributed by atoms with Crippen molar-refractivity contribution in [1.29, 1.82) is 0 Å². The van der Waals surface area contributed by atoms with E-state index in [-0.39, 0.29) is 23.6 Å². The van der Waals surface area contributed by atoms with Gasteiger partial charge in [0.25, 0.3) is 11.8 Å². The standard InChI is InChI=1S/C15H11Cl3N2O3/c16-8-4-5-9(15(19)22)12(6-8)23-7-13(21)20-14-10(17)2-1-3-11(14)18/h1-6H,7H2,(H2,19,22)(H,20,21). The van der Waals surface area contributed by atoms with Crippen LogP contribution in [0, 0.1) is 0 Å². The fraction of sp³-hybridized carbons (Fsp3) is 0.0667. The number of nitrogens with one attached hydrogen (secondary N) is 1. The second-order valence-electron chi connectivity index (χ2n) is 4.44. The fourth-order valence-corrected chi connectivity index (χ4v) is 2.41. The van der Waals surface area contributed by atoms with Gasteiger partial charge >= 0.3 is 0 Å². The summed E-state index contributed by atoms with van der Waals surface area (Å²) in [6, 6.07) is 9.15. The van der Waals surface area contributed by atoms with Crippen LogP contribution in [-0.4, -0.2) is 18.4 Å². The molecule has 2 rings (SSSR count). The Balaban J connectivity index is 2.08. The van der Waals surface area contributed by atoms with Crippen molar-refractivity contribution in [3.8, 4) is 5.75 Å². The number of hydrogen-bond donors (Lipinski definition) is 2. The van der Waals surface area contributed by atoms with E-state index < -0.39 is 11.8 Å². The normalized spacial score (nSPS) is 10.2. The van der Waals surface area contributed by atoms with Crippen molar-refractivity contribution >= 4 is 52.3 Å². The van der Waals surface area contributed by atoms with Crippen LogP contribution in [0.1, 0.15) is 10.4 Å². The Hall–Kier alpha value is -1.95. The lowest BCUT2D eigenvalue weighted by molar-refractivity contribution is -0.118. The summed E-state index contributed by atoms with van der Waals surface area (Å²) < 4.78 is 5.31. The third-order valence-corrected chi connectivity index (χ3v) is 3.66. The van der Waals surface area contributed by atoms with Crippen molar-refractivity contribution in [1.82, 2.24) is 0 Å². The van der Waals surface area contributed by atoms with Gasteiger partial charge in [-0.2, -0.15) is 0 Å². The molecule has 0 fully saturated rings. The van der Waals surface area contributed by atoms with E-state index in [4.69, 9.17) is 45.3 Å². The number of halogens is 3. The molecule has 2 aromatic carbocycles. The highest BCUT2D eigenvalue weighted by Crippen LogP contribution is 2.29. The number of rotatable bonds is 5. The van der Waals surface area contributed by atoms with Crippen LogP contribution < -0.4 is 15.8 Å². The second-order valence-corrected chi connectivity index (χ2v) is 5.69. The van der Waals surface area contributed by atoms with Crippen LogP contribution in [0.2, 0.25) is 15.1 Å². The lowest BCUT2D eigenvalue weighted by Gasteiger charge is -2.12. The van der Waals surface area contributed by atoms with Gasteiger partial charge in [0.15, 0.2) is 6.61 Å². The van der Waals surface area contributed by atoms with E-state index in [1.807, 2.05) is 0 Å². The molecule has 0 spiro atoms. The fourth-order valence-electron chi connectivity index (χ4n) is 1.76. The van der Waals surface area contributed by atoms with Crippen LogP contribution in [0.25, 0.3) is 0 Å². The molecule has 0 atom stereocenters. The molecule has 0 bridgehead atoms. The van der Waals surface area contributed by atoms with Gasteiger partial charge < -0.3 is 15.8 Å². The highest BCUT2D eigenvalue weighted by molar-refractivity contribution is 6.39. The Kier molecular flexibility index (Phi) is 5.71. The van der Waals surface area contributed by atoms with Gasteiger partial charge in [-0.1, -0.05) is 40.9 Å². The Morgan fingerprint density at radius 3 is 2.35 bits per heavy atom. The van der Waals surface area contributed by atoms with Crippen molar-refractivity contribution in [2.45, 2.75) is 0 Å². The molecule has 0 aliphatic heterocycles. The van der Waals surface area contributed by atoms with Crippen molar-refractivity contribution < 1.29 is 14.3 Å². The average Bonchev–Trinajstić information content (AvgIpc) is 2.49. The zero-order chi connectivity index (χ0) is 17.0. The number of carbonyl (C=O) groups is 2. The SMILES string of the molecule is NC(=O)c1ccc(Cl)cc1OCC(=O)Nc1c(Cl)cccc1Cl. The van der Waals surface area contributed by atoms with Gasteiger partial charge in [0, 0.05) is 5.02 Å². The summed E-state index contributed by atoms with van der Waals surface area (Å²) >= 11 is 17.8. The van der Waals surface area contributed by atoms with Crippen LogP contribution in [0.15, 0.2) is 36.4 Å². The van der Waals surface area contributed by atoms with Gasteiger partial charge in [-0.3, -0.25) is 9.59 Å². The summed E-state index contributed by atoms with van der Waals surface area (Å²) in [6.07, 6.45) is 0.